The van der Waals surface area contributed by atoms with Crippen LogP contribution in [0.1, 0.15) is 30.9 Å². The van der Waals surface area contributed by atoms with Crippen molar-refractivity contribution in [3.63, 3.8) is 0 Å². The summed E-state index contributed by atoms with van der Waals surface area (Å²) >= 11 is 0. The van der Waals surface area contributed by atoms with E-state index in [-0.39, 0.29) is 17.6 Å². The maximum atomic E-state index is 13.0. The van der Waals surface area contributed by atoms with E-state index in [1.807, 2.05) is 6.07 Å². The van der Waals surface area contributed by atoms with Gasteiger partial charge in [-0.25, -0.2) is 13.1 Å². The molecule has 128 valence electrons. The summed E-state index contributed by atoms with van der Waals surface area (Å²) in [6.45, 7) is -0.585. The highest BCUT2D eigenvalue weighted by Crippen LogP contribution is 2.33. The van der Waals surface area contributed by atoms with E-state index in [9.17, 15) is 13.2 Å². The minimum absolute atomic E-state index is 0.00528. The Hall–Kier alpha value is -2.19. The number of hydrogen-bond acceptors (Lipinski definition) is 4. The molecule has 24 heavy (non-hydrogen) atoms. The van der Waals surface area contributed by atoms with Crippen LogP contribution in [-0.2, 0) is 21.4 Å². The smallest absolute Gasteiger partial charge is 0.318 e. The van der Waals surface area contributed by atoms with Crippen LogP contribution in [0, 0.1) is 0 Å². The van der Waals surface area contributed by atoms with Crippen LogP contribution in [0.25, 0.3) is 0 Å². The third-order valence-electron chi connectivity index (χ3n) is 4.17. The van der Waals surface area contributed by atoms with Crippen LogP contribution in [0.4, 0.5) is 0 Å². The minimum Gasteiger partial charge on any atom is -0.480 e. The lowest BCUT2D eigenvalue weighted by atomic mass is 9.93. The Morgan fingerprint density at radius 2 is 1.96 bits per heavy atom. The van der Waals surface area contributed by atoms with Gasteiger partial charge in [-0.3, -0.25) is 4.79 Å². The van der Waals surface area contributed by atoms with Crippen molar-refractivity contribution in [2.24, 2.45) is 0 Å². The molecule has 1 aromatic carbocycles. The second kappa shape index (κ2) is 6.74. The Kier molecular flexibility index (Phi) is 4.68. The normalized spacial score (nSPS) is 15.4. The van der Waals surface area contributed by atoms with Crippen molar-refractivity contribution in [3.8, 4) is 0 Å². The highest BCUT2D eigenvalue weighted by atomic mass is 32.2. The molecule has 7 nitrogen and oxygen atoms in total. The summed E-state index contributed by atoms with van der Waals surface area (Å²) < 4.78 is 28.5. The molecule has 1 saturated carbocycles. The van der Waals surface area contributed by atoms with Gasteiger partial charge in [0.1, 0.15) is 6.54 Å². The maximum absolute atomic E-state index is 13.0. The standard InChI is InChI=1S/C16H19N3O4S/c20-16(21)12-18(11-13-5-2-1-3-6-13)24(22,23)15-9-10-17-19(15)14-7-4-8-14/h1-3,5-6,9-10,14H,4,7-8,11-12H2,(H,20,21). The van der Waals surface area contributed by atoms with Gasteiger partial charge in [-0.1, -0.05) is 30.3 Å². The SMILES string of the molecule is O=C(O)CN(Cc1ccccc1)S(=O)(=O)c1ccnn1C1CCC1. The van der Waals surface area contributed by atoms with Crippen molar-refractivity contribution in [2.75, 3.05) is 6.54 Å². The van der Waals surface area contributed by atoms with E-state index in [4.69, 9.17) is 5.11 Å². The minimum atomic E-state index is -3.95. The van der Waals surface area contributed by atoms with Crippen LogP contribution in [0.2, 0.25) is 0 Å². The Bertz CT molecular complexity index is 813. The summed E-state index contributed by atoms with van der Waals surface area (Å²) in [4.78, 5) is 11.2. The number of nitrogens with zero attached hydrogens (tertiary/aromatic N) is 3. The second-order valence-electron chi connectivity index (χ2n) is 5.85. The molecule has 1 aliphatic carbocycles. The highest BCUT2D eigenvalue weighted by Gasteiger charge is 2.33. The number of aliphatic carboxylic acids is 1. The van der Waals surface area contributed by atoms with Gasteiger partial charge in [-0.2, -0.15) is 9.40 Å². The molecule has 1 N–H and O–H groups in total. The molecule has 0 amide bonds. The summed E-state index contributed by atoms with van der Waals surface area (Å²) in [5.74, 6) is -1.19. The second-order valence-corrected chi connectivity index (χ2v) is 7.74. The van der Waals surface area contributed by atoms with Gasteiger partial charge in [-0.15, -0.1) is 0 Å². The molecule has 8 heteroatoms. The fourth-order valence-electron chi connectivity index (χ4n) is 2.71. The van der Waals surface area contributed by atoms with Gasteiger partial charge >= 0.3 is 5.97 Å². The topological polar surface area (TPSA) is 92.5 Å². The Balaban J connectivity index is 1.93. The molecule has 0 bridgehead atoms. The lowest BCUT2D eigenvalue weighted by Gasteiger charge is -2.28. The summed E-state index contributed by atoms with van der Waals surface area (Å²) in [6, 6.07) is 10.5. The van der Waals surface area contributed by atoms with E-state index >= 15 is 0 Å². The summed E-state index contributed by atoms with van der Waals surface area (Å²) in [7, 11) is -3.95. The van der Waals surface area contributed by atoms with Gasteiger partial charge in [0.15, 0.2) is 5.03 Å². The van der Waals surface area contributed by atoms with Gasteiger partial charge < -0.3 is 5.11 Å². The number of aromatic nitrogens is 2. The van der Waals surface area contributed by atoms with Crippen LogP contribution in [-0.4, -0.2) is 40.1 Å². The van der Waals surface area contributed by atoms with Crippen molar-refractivity contribution in [2.45, 2.75) is 36.9 Å². The molecule has 1 heterocycles. The molecule has 0 unspecified atom stereocenters. The third-order valence-corrected chi connectivity index (χ3v) is 5.96. The number of hydrogen-bond donors (Lipinski definition) is 1. The average molecular weight is 349 g/mol. The van der Waals surface area contributed by atoms with Crippen LogP contribution in [0.15, 0.2) is 47.6 Å². The first-order valence-corrected chi connectivity index (χ1v) is 9.22. The quantitative estimate of drug-likeness (QED) is 0.824. The highest BCUT2D eigenvalue weighted by molar-refractivity contribution is 7.89. The number of carboxylic acid groups (broad SMARTS) is 1. The first kappa shape index (κ1) is 16.7. The van der Waals surface area contributed by atoms with Crippen molar-refractivity contribution < 1.29 is 18.3 Å². The molecular weight excluding hydrogens is 330 g/mol. The molecule has 0 aliphatic heterocycles. The van der Waals surface area contributed by atoms with E-state index in [0.29, 0.717) is 0 Å². The summed E-state index contributed by atoms with van der Waals surface area (Å²) in [5.41, 5.74) is 0.733. The fourth-order valence-corrected chi connectivity index (χ4v) is 4.24. The lowest BCUT2D eigenvalue weighted by molar-refractivity contribution is -0.137. The number of sulfonamides is 1. The van der Waals surface area contributed by atoms with Crippen LogP contribution in [0.5, 0.6) is 0 Å². The van der Waals surface area contributed by atoms with Crippen molar-refractivity contribution in [1.82, 2.24) is 14.1 Å². The number of benzene rings is 1. The Labute approximate surface area is 140 Å². The number of carbonyl (C=O) groups is 1. The monoisotopic (exact) mass is 349 g/mol. The van der Waals surface area contributed by atoms with Crippen LogP contribution < -0.4 is 0 Å². The first-order chi connectivity index (χ1) is 11.5. The maximum Gasteiger partial charge on any atom is 0.318 e. The molecule has 0 saturated heterocycles. The predicted octanol–water partition coefficient (Wildman–Crippen LogP) is 1.88. The van der Waals surface area contributed by atoms with Gasteiger partial charge in [0.2, 0.25) is 0 Å². The third kappa shape index (κ3) is 3.34. The molecule has 1 aliphatic rings. The summed E-state index contributed by atoms with van der Waals surface area (Å²) in [6.07, 6.45) is 4.28. The lowest BCUT2D eigenvalue weighted by Crippen LogP contribution is -2.37. The fraction of sp³-hybridized carbons (Fsp3) is 0.375. The molecule has 1 aromatic heterocycles. The first-order valence-electron chi connectivity index (χ1n) is 7.78. The molecule has 0 radical (unpaired) electrons. The number of carboxylic acids is 1. The van der Waals surface area contributed by atoms with E-state index < -0.39 is 22.5 Å². The van der Waals surface area contributed by atoms with E-state index in [0.717, 1.165) is 29.1 Å². The van der Waals surface area contributed by atoms with Gasteiger partial charge in [0.25, 0.3) is 10.0 Å². The molecule has 1 fully saturated rings. The Morgan fingerprint density at radius 1 is 1.25 bits per heavy atom. The van der Waals surface area contributed by atoms with Gasteiger partial charge in [0, 0.05) is 6.54 Å². The molecule has 3 rings (SSSR count). The predicted molar refractivity (Wildman–Crippen MR) is 86.8 cm³/mol. The van der Waals surface area contributed by atoms with Crippen molar-refractivity contribution in [1.29, 1.82) is 0 Å². The van der Waals surface area contributed by atoms with E-state index in [2.05, 4.69) is 5.10 Å². The molecule has 0 atom stereocenters. The van der Waals surface area contributed by atoms with Crippen LogP contribution in [0.3, 0.4) is 0 Å². The molecule has 2 aromatic rings. The van der Waals surface area contributed by atoms with Crippen molar-refractivity contribution >= 4 is 16.0 Å². The van der Waals surface area contributed by atoms with Gasteiger partial charge in [-0.05, 0) is 30.9 Å². The zero-order chi connectivity index (χ0) is 17.2. The van der Waals surface area contributed by atoms with Gasteiger partial charge in [0.05, 0.1) is 12.2 Å². The van der Waals surface area contributed by atoms with E-state index in [1.54, 1.807) is 24.3 Å². The van der Waals surface area contributed by atoms with E-state index in [1.165, 1.54) is 16.9 Å². The number of rotatable bonds is 7. The summed E-state index contributed by atoms with van der Waals surface area (Å²) in [5, 5.41) is 13.3. The van der Waals surface area contributed by atoms with Crippen molar-refractivity contribution in [3.05, 3.63) is 48.2 Å². The zero-order valence-corrected chi connectivity index (χ0v) is 13.9. The zero-order valence-electron chi connectivity index (χ0n) is 13.1. The average Bonchev–Trinajstić information content (AvgIpc) is 2.95. The largest absolute Gasteiger partial charge is 0.480 e. The Morgan fingerprint density at radius 3 is 2.54 bits per heavy atom. The molecular formula is C16H19N3O4S. The molecule has 0 spiro atoms. The van der Waals surface area contributed by atoms with Crippen LogP contribution >= 0.6 is 0 Å².